The number of nitrogens with one attached hydrogen (secondary N) is 1. The summed E-state index contributed by atoms with van der Waals surface area (Å²) in [5.74, 6) is -0.311. The normalized spacial score (nSPS) is 18.2. The Morgan fingerprint density at radius 3 is 2.38 bits per heavy atom. The molecule has 1 aliphatic rings. The molecule has 0 fully saturated rings. The zero-order valence-electron chi connectivity index (χ0n) is 18.6. The molecule has 0 aromatic heterocycles. The molecule has 2 atom stereocenters. The van der Waals surface area contributed by atoms with Gasteiger partial charge < -0.3 is 0 Å². The van der Waals surface area contributed by atoms with E-state index in [2.05, 4.69) is 19.3 Å². The van der Waals surface area contributed by atoms with Gasteiger partial charge in [-0.2, -0.15) is 5.10 Å². The van der Waals surface area contributed by atoms with E-state index in [0.29, 0.717) is 26.5 Å². The van der Waals surface area contributed by atoms with Gasteiger partial charge in [-0.1, -0.05) is 73.6 Å². The Bertz CT molecular complexity index is 964. The van der Waals surface area contributed by atoms with E-state index in [1.165, 1.54) is 0 Å². The Kier molecular flexibility index (Phi) is 8.83. The van der Waals surface area contributed by atoms with Crippen molar-refractivity contribution in [2.45, 2.75) is 45.6 Å². The molecule has 1 unspecified atom stereocenters. The molecule has 0 aliphatic carbocycles. The number of rotatable bonds is 9. The van der Waals surface area contributed by atoms with E-state index in [9.17, 15) is 4.79 Å². The minimum atomic E-state index is -0.193. The van der Waals surface area contributed by atoms with Gasteiger partial charge in [-0.3, -0.25) is 15.2 Å². The fourth-order valence-corrected chi connectivity index (χ4v) is 4.61. The van der Waals surface area contributed by atoms with Gasteiger partial charge >= 0.3 is 0 Å². The molecule has 0 saturated carbocycles. The molecule has 0 bridgehead atoms. The first-order valence-corrected chi connectivity index (χ1v) is 12.1. The van der Waals surface area contributed by atoms with E-state index < -0.39 is 0 Å². The van der Waals surface area contributed by atoms with Crippen molar-refractivity contribution < 1.29 is 4.79 Å². The van der Waals surface area contributed by atoms with Gasteiger partial charge in [0.25, 0.3) is 5.91 Å². The van der Waals surface area contributed by atoms with E-state index in [1.807, 2.05) is 47.4 Å². The molecule has 2 aromatic rings. The van der Waals surface area contributed by atoms with E-state index in [1.54, 1.807) is 12.1 Å². The van der Waals surface area contributed by atoms with Gasteiger partial charge in [-0.05, 0) is 48.7 Å². The fraction of sp³-hybridized carbons (Fsp3) is 0.417. The zero-order valence-corrected chi connectivity index (χ0v) is 20.9. The average molecular weight is 496 g/mol. The summed E-state index contributed by atoms with van der Waals surface area (Å²) in [6, 6.07) is 12.8. The van der Waals surface area contributed by atoms with Gasteiger partial charge in [0.15, 0.2) is 0 Å². The van der Waals surface area contributed by atoms with Crippen LogP contribution in [0.1, 0.15) is 51.1 Å². The van der Waals surface area contributed by atoms with E-state index in [0.717, 1.165) is 37.8 Å². The van der Waals surface area contributed by atoms with Crippen LogP contribution in [0, 0.1) is 5.92 Å². The van der Waals surface area contributed by atoms with Crippen molar-refractivity contribution in [1.29, 1.82) is 0 Å². The quantitative estimate of drug-likeness (QED) is 0.309. The number of carbonyl (C=O) groups is 1. The van der Waals surface area contributed by atoms with E-state index in [-0.39, 0.29) is 17.9 Å². The Labute approximate surface area is 205 Å². The Hall–Kier alpha value is -1.79. The molecule has 172 valence electrons. The lowest BCUT2D eigenvalue weighted by Crippen LogP contribution is -2.45. The number of halogens is 3. The maximum atomic E-state index is 13.2. The third-order valence-electron chi connectivity index (χ3n) is 5.64. The minimum absolute atomic E-state index is 0.119. The van der Waals surface area contributed by atoms with Gasteiger partial charge in [0.2, 0.25) is 0 Å². The molecule has 8 heteroatoms. The van der Waals surface area contributed by atoms with Crippen molar-refractivity contribution in [3.63, 3.8) is 0 Å². The van der Waals surface area contributed by atoms with Gasteiger partial charge in [-0.15, -0.1) is 0 Å². The molecule has 1 aliphatic heterocycles. The first kappa shape index (κ1) is 24.8. The number of anilines is 1. The molecule has 0 saturated heterocycles. The molecular formula is C24H29Cl3N4O. The van der Waals surface area contributed by atoms with E-state index in [4.69, 9.17) is 39.9 Å². The smallest absolute Gasteiger partial charge is 0.282 e. The van der Waals surface area contributed by atoms with Crippen LogP contribution in [0.5, 0.6) is 0 Å². The Morgan fingerprint density at radius 1 is 1.06 bits per heavy atom. The van der Waals surface area contributed by atoms with Crippen LogP contribution in [-0.4, -0.2) is 30.2 Å². The summed E-state index contributed by atoms with van der Waals surface area (Å²) in [7, 11) is 1.88. The molecular weight excluding hydrogens is 467 g/mol. The fourth-order valence-electron chi connectivity index (χ4n) is 3.99. The highest BCUT2D eigenvalue weighted by Gasteiger charge is 2.41. The maximum absolute atomic E-state index is 13.2. The van der Waals surface area contributed by atoms with Crippen molar-refractivity contribution in [1.82, 2.24) is 10.4 Å². The largest absolute Gasteiger partial charge is 0.284 e. The number of hydrazone groups is 1. The minimum Gasteiger partial charge on any atom is -0.284 e. The maximum Gasteiger partial charge on any atom is 0.282 e. The number of nitrogens with zero attached hydrogens (tertiary/aromatic N) is 3. The molecule has 32 heavy (non-hydrogen) atoms. The summed E-state index contributed by atoms with van der Waals surface area (Å²) in [5.41, 5.74) is 5.18. The molecule has 1 N–H and O–H groups in total. The van der Waals surface area contributed by atoms with Gasteiger partial charge in [0.1, 0.15) is 5.71 Å². The van der Waals surface area contributed by atoms with Crippen LogP contribution in [-0.2, 0) is 4.79 Å². The number of hydrazine groups is 1. The second-order valence-electron chi connectivity index (χ2n) is 8.01. The number of amides is 1. The first-order valence-electron chi connectivity index (χ1n) is 11.0. The van der Waals surface area contributed by atoms with Crippen LogP contribution >= 0.6 is 34.8 Å². The van der Waals surface area contributed by atoms with E-state index >= 15 is 0 Å². The molecule has 0 radical (unpaired) electrons. The summed E-state index contributed by atoms with van der Waals surface area (Å²) in [6.45, 7) is 5.01. The molecule has 1 amide bonds. The van der Waals surface area contributed by atoms with Crippen LogP contribution in [0.25, 0.3) is 0 Å². The van der Waals surface area contributed by atoms with Crippen molar-refractivity contribution in [3.05, 3.63) is 63.1 Å². The Morgan fingerprint density at radius 2 is 1.75 bits per heavy atom. The topological polar surface area (TPSA) is 47.9 Å². The lowest BCUT2D eigenvalue weighted by molar-refractivity contribution is -0.119. The summed E-state index contributed by atoms with van der Waals surface area (Å²) < 4.78 is 0. The number of unbranched alkanes of at least 4 members (excludes halogenated alkanes) is 2. The van der Waals surface area contributed by atoms with Crippen LogP contribution in [0.15, 0.2) is 47.6 Å². The molecule has 1 heterocycles. The van der Waals surface area contributed by atoms with Crippen molar-refractivity contribution in [2.24, 2.45) is 11.0 Å². The van der Waals surface area contributed by atoms with Crippen molar-refractivity contribution in [3.8, 4) is 0 Å². The lowest BCUT2D eigenvalue weighted by Gasteiger charge is -2.29. The SMILES string of the molecule is CCCCCN(C)NC(=O)C1=NN(c2ccc(Cl)cc2Cl)C(c2ccc(Cl)cc2)[C@@H]1CC. The van der Waals surface area contributed by atoms with Crippen LogP contribution in [0.4, 0.5) is 5.69 Å². The molecule has 2 aromatic carbocycles. The molecule has 5 nitrogen and oxygen atoms in total. The highest BCUT2D eigenvalue weighted by atomic mass is 35.5. The lowest BCUT2D eigenvalue weighted by atomic mass is 9.87. The first-order chi connectivity index (χ1) is 15.3. The summed E-state index contributed by atoms with van der Waals surface area (Å²) in [5, 5.41) is 10.1. The van der Waals surface area contributed by atoms with Crippen LogP contribution in [0.2, 0.25) is 15.1 Å². The highest BCUT2D eigenvalue weighted by molar-refractivity contribution is 6.41. The number of hydrogen-bond acceptors (Lipinski definition) is 4. The van der Waals surface area contributed by atoms with Gasteiger partial charge in [0, 0.05) is 29.6 Å². The standard InChI is InChI=1S/C24H29Cl3N4O/c1-4-6-7-14-30(3)29-24(32)22-19(5-2)23(16-8-10-17(25)11-9-16)31(28-22)21-13-12-18(26)15-20(21)27/h8-13,15,19,23H,4-7,14H2,1-3H3,(H,29,32)/t19-,23?/m1/s1. The number of carbonyl (C=O) groups excluding carboxylic acids is 1. The molecule has 0 spiro atoms. The van der Waals surface area contributed by atoms with Crippen LogP contribution in [0.3, 0.4) is 0 Å². The third-order valence-corrected chi connectivity index (χ3v) is 6.43. The number of benzene rings is 2. The van der Waals surface area contributed by atoms with Crippen molar-refractivity contribution >= 4 is 52.1 Å². The third kappa shape index (κ3) is 5.76. The second-order valence-corrected chi connectivity index (χ2v) is 9.29. The summed E-state index contributed by atoms with van der Waals surface area (Å²) in [6.07, 6.45) is 4.02. The summed E-state index contributed by atoms with van der Waals surface area (Å²) >= 11 is 18.8. The number of hydrogen-bond donors (Lipinski definition) is 1. The predicted octanol–water partition coefficient (Wildman–Crippen LogP) is 6.74. The highest BCUT2D eigenvalue weighted by Crippen LogP contribution is 2.43. The second kappa shape index (κ2) is 11.4. The van der Waals surface area contributed by atoms with Gasteiger partial charge in [-0.25, -0.2) is 5.01 Å². The zero-order chi connectivity index (χ0) is 23.3. The average Bonchev–Trinajstić information content (AvgIpc) is 3.14. The monoisotopic (exact) mass is 494 g/mol. The summed E-state index contributed by atoms with van der Waals surface area (Å²) in [4.78, 5) is 13.2. The van der Waals surface area contributed by atoms with Crippen LogP contribution < -0.4 is 10.4 Å². The Balaban J connectivity index is 1.95. The predicted molar refractivity (Wildman–Crippen MR) is 135 cm³/mol. The van der Waals surface area contributed by atoms with Gasteiger partial charge in [0.05, 0.1) is 16.8 Å². The van der Waals surface area contributed by atoms with Crippen molar-refractivity contribution in [2.75, 3.05) is 18.6 Å². The molecule has 3 rings (SSSR count).